The molecule has 0 amide bonds. The van der Waals surface area contributed by atoms with Crippen molar-refractivity contribution < 1.29 is 0 Å². The maximum absolute atomic E-state index is 4.88. The van der Waals surface area contributed by atoms with E-state index in [1.165, 1.54) is 42.7 Å². The Bertz CT molecular complexity index is 670. The van der Waals surface area contributed by atoms with Crippen molar-refractivity contribution in [2.45, 2.75) is 19.4 Å². The van der Waals surface area contributed by atoms with Gasteiger partial charge in [-0.2, -0.15) is 0 Å². The summed E-state index contributed by atoms with van der Waals surface area (Å²) in [7, 11) is 2.20. The summed E-state index contributed by atoms with van der Waals surface area (Å²) < 4.78 is 0. The number of likely N-dealkylation sites (N-methyl/N-ethyl adjacent to an activating group) is 1. The first-order valence-electron chi connectivity index (χ1n) is 8.83. The molecule has 2 aromatic rings. The lowest BCUT2D eigenvalue weighted by atomic mass is 10.1. The minimum atomic E-state index is 0.970. The molecule has 0 bridgehead atoms. The van der Waals surface area contributed by atoms with Crippen LogP contribution in [0.1, 0.15) is 18.5 Å². The van der Waals surface area contributed by atoms with E-state index in [-0.39, 0.29) is 0 Å². The maximum atomic E-state index is 4.88. The lowest BCUT2D eigenvalue weighted by molar-refractivity contribution is 0.147. The van der Waals surface area contributed by atoms with Crippen LogP contribution in [0.2, 0.25) is 0 Å². The number of rotatable bonds is 3. The van der Waals surface area contributed by atoms with E-state index in [1.807, 2.05) is 0 Å². The van der Waals surface area contributed by atoms with Crippen molar-refractivity contribution in [3.8, 4) is 0 Å². The second-order valence-corrected chi connectivity index (χ2v) is 6.95. The number of pyridine rings is 1. The van der Waals surface area contributed by atoms with E-state index < -0.39 is 0 Å². The molecule has 23 heavy (non-hydrogen) atoms. The molecule has 4 nitrogen and oxygen atoms in total. The first kappa shape index (κ1) is 14.9. The van der Waals surface area contributed by atoms with E-state index in [2.05, 4.69) is 52.1 Å². The number of hydrogen-bond donors (Lipinski definition) is 0. The van der Waals surface area contributed by atoms with Crippen LogP contribution >= 0.6 is 0 Å². The molecule has 0 radical (unpaired) electrons. The van der Waals surface area contributed by atoms with E-state index in [0.29, 0.717) is 0 Å². The van der Waals surface area contributed by atoms with Gasteiger partial charge >= 0.3 is 0 Å². The van der Waals surface area contributed by atoms with E-state index in [4.69, 9.17) is 4.98 Å². The van der Waals surface area contributed by atoms with Crippen LogP contribution in [-0.2, 0) is 6.54 Å². The van der Waals surface area contributed by atoms with Crippen LogP contribution in [0.5, 0.6) is 0 Å². The number of piperazine rings is 1. The summed E-state index contributed by atoms with van der Waals surface area (Å²) in [4.78, 5) is 12.3. The van der Waals surface area contributed by atoms with Crippen LogP contribution in [-0.4, -0.2) is 61.1 Å². The molecular weight excluding hydrogens is 284 g/mol. The van der Waals surface area contributed by atoms with Crippen molar-refractivity contribution in [2.75, 3.05) is 51.2 Å². The van der Waals surface area contributed by atoms with E-state index in [1.54, 1.807) is 0 Å². The summed E-state index contributed by atoms with van der Waals surface area (Å²) in [5.41, 5.74) is 3.67. The third-order valence-corrected chi connectivity index (χ3v) is 5.18. The molecule has 0 atom stereocenters. The number of hydrogen-bond acceptors (Lipinski definition) is 4. The predicted octanol–water partition coefficient (Wildman–Crippen LogP) is 2.58. The first-order chi connectivity index (χ1) is 11.3. The Hall–Kier alpha value is -1.65. The topological polar surface area (TPSA) is 22.6 Å². The summed E-state index contributed by atoms with van der Waals surface area (Å²) in [6.07, 6.45) is 2.64. The molecule has 0 N–H and O–H groups in total. The Kier molecular flexibility index (Phi) is 4.19. The highest BCUT2D eigenvalue weighted by atomic mass is 15.2. The lowest BCUT2D eigenvalue weighted by Gasteiger charge is -2.32. The van der Waals surface area contributed by atoms with Gasteiger partial charge in [-0.15, -0.1) is 0 Å². The molecule has 0 aliphatic carbocycles. The third-order valence-electron chi connectivity index (χ3n) is 5.18. The molecular formula is C19H26N4. The average molecular weight is 310 g/mol. The van der Waals surface area contributed by atoms with Gasteiger partial charge in [0.15, 0.2) is 0 Å². The highest BCUT2D eigenvalue weighted by Crippen LogP contribution is 2.24. The second-order valence-electron chi connectivity index (χ2n) is 6.95. The largest absolute Gasteiger partial charge is 0.372 e. The Morgan fingerprint density at radius 3 is 2.48 bits per heavy atom. The van der Waals surface area contributed by atoms with Gasteiger partial charge < -0.3 is 9.80 Å². The van der Waals surface area contributed by atoms with Gasteiger partial charge in [0.1, 0.15) is 0 Å². The molecule has 0 unspecified atom stereocenters. The van der Waals surface area contributed by atoms with Crippen molar-refractivity contribution >= 4 is 16.6 Å². The molecule has 2 aliphatic heterocycles. The first-order valence-corrected chi connectivity index (χ1v) is 8.83. The summed E-state index contributed by atoms with van der Waals surface area (Å²) >= 11 is 0. The van der Waals surface area contributed by atoms with Gasteiger partial charge in [0.25, 0.3) is 0 Å². The van der Waals surface area contributed by atoms with E-state index in [0.717, 1.165) is 38.2 Å². The van der Waals surface area contributed by atoms with Crippen LogP contribution in [0.25, 0.3) is 10.9 Å². The van der Waals surface area contributed by atoms with Crippen LogP contribution in [0.4, 0.5) is 5.69 Å². The van der Waals surface area contributed by atoms with Gasteiger partial charge in [-0.3, -0.25) is 9.88 Å². The number of aromatic nitrogens is 1. The summed E-state index contributed by atoms with van der Waals surface area (Å²) in [5.74, 6) is 0. The molecule has 2 aliphatic rings. The Labute approximate surface area is 138 Å². The Balaban J connectivity index is 1.50. The molecule has 3 heterocycles. The fraction of sp³-hybridized carbons (Fsp3) is 0.526. The van der Waals surface area contributed by atoms with Gasteiger partial charge in [-0.1, -0.05) is 6.07 Å². The van der Waals surface area contributed by atoms with Gasteiger partial charge in [-0.25, -0.2) is 0 Å². The van der Waals surface area contributed by atoms with Gasteiger partial charge in [0, 0.05) is 56.9 Å². The van der Waals surface area contributed by atoms with E-state index in [9.17, 15) is 0 Å². The Morgan fingerprint density at radius 2 is 1.70 bits per heavy atom. The molecule has 1 aromatic carbocycles. The number of anilines is 1. The van der Waals surface area contributed by atoms with E-state index >= 15 is 0 Å². The minimum absolute atomic E-state index is 0.970. The lowest BCUT2D eigenvalue weighted by Crippen LogP contribution is -2.43. The van der Waals surface area contributed by atoms with Crippen LogP contribution in [0, 0.1) is 0 Å². The highest BCUT2D eigenvalue weighted by molar-refractivity contribution is 5.82. The third kappa shape index (κ3) is 3.33. The normalized spacial score (nSPS) is 20.5. The summed E-state index contributed by atoms with van der Waals surface area (Å²) in [5, 5.41) is 1.26. The number of benzene rings is 1. The van der Waals surface area contributed by atoms with Crippen molar-refractivity contribution in [1.82, 2.24) is 14.8 Å². The molecule has 1 aromatic heterocycles. The fourth-order valence-corrected chi connectivity index (χ4v) is 3.65. The second kappa shape index (κ2) is 6.46. The summed E-state index contributed by atoms with van der Waals surface area (Å²) in [6, 6.07) is 11.2. The molecule has 2 saturated heterocycles. The molecule has 4 rings (SSSR count). The SMILES string of the molecule is CN1CCN(Cc2ccc3cc(N4CCCC4)ccc3n2)CC1. The smallest absolute Gasteiger partial charge is 0.0707 e. The van der Waals surface area contributed by atoms with Crippen molar-refractivity contribution in [3.05, 3.63) is 36.0 Å². The molecule has 122 valence electrons. The molecule has 4 heteroatoms. The summed E-state index contributed by atoms with van der Waals surface area (Å²) in [6.45, 7) is 7.96. The van der Waals surface area contributed by atoms with Crippen molar-refractivity contribution in [3.63, 3.8) is 0 Å². The predicted molar refractivity (Wildman–Crippen MR) is 96.0 cm³/mol. The number of nitrogens with zero attached hydrogens (tertiary/aromatic N) is 4. The zero-order chi connectivity index (χ0) is 15.6. The molecule has 0 saturated carbocycles. The Morgan fingerprint density at radius 1 is 0.913 bits per heavy atom. The standard InChI is InChI=1S/C19H26N4/c1-21-10-12-22(13-11-21)15-17-5-4-16-14-18(6-7-19(16)20-17)23-8-2-3-9-23/h4-7,14H,2-3,8-13,15H2,1H3. The maximum Gasteiger partial charge on any atom is 0.0707 e. The molecule has 0 spiro atoms. The van der Waals surface area contributed by atoms with Crippen molar-refractivity contribution in [2.24, 2.45) is 0 Å². The van der Waals surface area contributed by atoms with Gasteiger partial charge in [0.2, 0.25) is 0 Å². The monoisotopic (exact) mass is 310 g/mol. The van der Waals surface area contributed by atoms with Crippen molar-refractivity contribution in [1.29, 1.82) is 0 Å². The number of fused-ring (bicyclic) bond motifs is 1. The minimum Gasteiger partial charge on any atom is -0.372 e. The van der Waals surface area contributed by atoms with Crippen LogP contribution in [0.15, 0.2) is 30.3 Å². The zero-order valence-electron chi connectivity index (χ0n) is 14.0. The van der Waals surface area contributed by atoms with Crippen LogP contribution in [0.3, 0.4) is 0 Å². The molecule has 2 fully saturated rings. The van der Waals surface area contributed by atoms with Gasteiger partial charge in [0.05, 0.1) is 11.2 Å². The average Bonchev–Trinajstić information content (AvgIpc) is 3.11. The quantitative estimate of drug-likeness (QED) is 0.869. The van der Waals surface area contributed by atoms with Crippen LogP contribution < -0.4 is 4.90 Å². The van der Waals surface area contributed by atoms with Gasteiger partial charge in [-0.05, 0) is 44.2 Å². The highest BCUT2D eigenvalue weighted by Gasteiger charge is 2.15. The zero-order valence-corrected chi connectivity index (χ0v) is 14.0. The fourth-order valence-electron chi connectivity index (χ4n) is 3.65.